The van der Waals surface area contributed by atoms with E-state index in [0.717, 1.165) is 25.1 Å². The largest absolute Gasteiger partial charge is 0.461 e. The maximum Gasteiger partial charge on any atom is 0.313 e. The Hall–Kier alpha value is -1.39. The van der Waals surface area contributed by atoms with Gasteiger partial charge >= 0.3 is 5.97 Å². The Kier molecular flexibility index (Phi) is 5.59. The molecule has 1 aromatic rings. The molecule has 0 amide bonds. The summed E-state index contributed by atoms with van der Waals surface area (Å²) in [7, 11) is 0. The van der Waals surface area contributed by atoms with E-state index in [0.29, 0.717) is 29.5 Å². The third-order valence-corrected chi connectivity index (χ3v) is 4.85. The van der Waals surface area contributed by atoms with Gasteiger partial charge in [-0.2, -0.15) is 5.10 Å². The molecular formula is C17H29N3O2. The van der Waals surface area contributed by atoms with Crippen LogP contribution in [0.1, 0.15) is 71.4 Å². The number of aromatic amines is 1. The predicted molar refractivity (Wildman–Crippen MR) is 85.4 cm³/mol. The van der Waals surface area contributed by atoms with Gasteiger partial charge in [0.25, 0.3) is 0 Å². The highest BCUT2D eigenvalue weighted by Crippen LogP contribution is 2.35. The standard InChI is InChI=1S/C17H29N3O2/c1-6-11(3)17-18-14(19-20-17)9-15(21)22-16-12(4)7-10(2)8-13(16)5/h10-13,16H,6-9H2,1-5H3,(H,18,19,20). The molecule has 1 saturated carbocycles. The van der Waals surface area contributed by atoms with Gasteiger partial charge in [0.2, 0.25) is 0 Å². The number of H-pyrrole nitrogens is 1. The third-order valence-electron chi connectivity index (χ3n) is 4.85. The number of nitrogens with zero attached hydrogens (tertiary/aromatic N) is 2. The molecule has 2 rings (SSSR count). The van der Waals surface area contributed by atoms with Gasteiger partial charge in [0, 0.05) is 5.92 Å². The Morgan fingerprint density at radius 2 is 1.95 bits per heavy atom. The Labute approximate surface area is 133 Å². The summed E-state index contributed by atoms with van der Waals surface area (Å²) in [6.45, 7) is 10.8. The lowest BCUT2D eigenvalue weighted by molar-refractivity contribution is -0.157. The summed E-state index contributed by atoms with van der Waals surface area (Å²) in [5.74, 6) is 3.04. The fourth-order valence-corrected chi connectivity index (χ4v) is 3.55. The zero-order chi connectivity index (χ0) is 16.3. The van der Waals surface area contributed by atoms with Crippen LogP contribution in [0.4, 0.5) is 0 Å². The SMILES string of the molecule is CCC(C)c1n[nH]c(CC(=O)OC2C(C)CC(C)CC2C)n1. The summed E-state index contributed by atoms with van der Waals surface area (Å²) in [4.78, 5) is 16.6. The molecule has 5 heteroatoms. The van der Waals surface area contributed by atoms with Crippen molar-refractivity contribution in [1.82, 2.24) is 15.2 Å². The van der Waals surface area contributed by atoms with Crippen molar-refractivity contribution in [3.8, 4) is 0 Å². The number of aromatic nitrogens is 3. The first-order valence-electron chi connectivity index (χ1n) is 8.51. The lowest BCUT2D eigenvalue weighted by Crippen LogP contribution is -2.37. The number of rotatable bonds is 5. The van der Waals surface area contributed by atoms with Crippen molar-refractivity contribution >= 4 is 5.97 Å². The van der Waals surface area contributed by atoms with Gasteiger partial charge in [0.1, 0.15) is 18.3 Å². The van der Waals surface area contributed by atoms with Gasteiger partial charge in [-0.1, -0.05) is 34.6 Å². The van der Waals surface area contributed by atoms with E-state index < -0.39 is 0 Å². The van der Waals surface area contributed by atoms with Crippen molar-refractivity contribution in [3.63, 3.8) is 0 Å². The Balaban J connectivity index is 1.91. The van der Waals surface area contributed by atoms with Gasteiger partial charge in [0.05, 0.1) is 0 Å². The van der Waals surface area contributed by atoms with Crippen LogP contribution in [0.2, 0.25) is 0 Å². The second-order valence-electron chi connectivity index (χ2n) is 7.11. The van der Waals surface area contributed by atoms with Gasteiger partial charge < -0.3 is 4.74 Å². The molecule has 0 spiro atoms. The van der Waals surface area contributed by atoms with Crippen LogP contribution >= 0.6 is 0 Å². The molecule has 0 bridgehead atoms. The zero-order valence-electron chi connectivity index (χ0n) is 14.4. The van der Waals surface area contributed by atoms with Crippen LogP contribution in [0.5, 0.6) is 0 Å². The summed E-state index contributed by atoms with van der Waals surface area (Å²) < 4.78 is 5.74. The van der Waals surface area contributed by atoms with E-state index in [4.69, 9.17) is 4.74 Å². The molecule has 1 aliphatic carbocycles. The van der Waals surface area contributed by atoms with E-state index in [2.05, 4.69) is 49.8 Å². The second-order valence-corrected chi connectivity index (χ2v) is 7.11. The quantitative estimate of drug-likeness (QED) is 0.846. The van der Waals surface area contributed by atoms with Crippen molar-refractivity contribution in [2.24, 2.45) is 17.8 Å². The molecule has 0 aromatic carbocycles. The molecule has 124 valence electrons. The minimum Gasteiger partial charge on any atom is -0.461 e. The molecule has 1 fully saturated rings. The van der Waals surface area contributed by atoms with E-state index in [1.165, 1.54) is 0 Å². The second kappa shape index (κ2) is 7.25. The molecule has 1 N–H and O–H groups in total. The number of hydrogen-bond donors (Lipinski definition) is 1. The molecule has 1 aromatic heterocycles. The zero-order valence-corrected chi connectivity index (χ0v) is 14.4. The van der Waals surface area contributed by atoms with Crippen LogP contribution in [0.25, 0.3) is 0 Å². The van der Waals surface area contributed by atoms with Crippen LogP contribution < -0.4 is 0 Å². The first kappa shape index (κ1) is 17.0. The van der Waals surface area contributed by atoms with E-state index in [1.807, 2.05) is 0 Å². The highest BCUT2D eigenvalue weighted by molar-refractivity contribution is 5.71. The van der Waals surface area contributed by atoms with Crippen LogP contribution in [-0.2, 0) is 16.0 Å². The Morgan fingerprint density at radius 1 is 1.32 bits per heavy atom. The molecular weight excluding hydrogens is 278 g/mol. The molecule has 22 heavy (non-hydrogen) atoms. The van der Waals surface area contributed by atoms with Crippen LogP contribution in [0.3, 0.4) is 0 Å². The van der Waals surface area contributed by atoms with Gasteiger partial charge in [-0.15, -0.1) is 0 Å². The lowest BCUT2D eigenvalue weighted by atomic mass is 9.75. The molecule has 3 atom stereocenters. The summed E-state index contributed by atoms with van der Waals surface area (Å²) >= 11 is 0. The van der Waals surface area contributed by atoms with E-state index in [9.17, 15) is 4.79 Å². The van der Waals surface area contributed by atoms with Crippen molar-refractivity contribution in [3.05, 3.63) is 11.6 Å². The van der Waals surface area contributed by atoms with E-state index >= 15 is 0 Å². The summed E-state index contributed by atoms with van der Waals surface area (Å²) in [5.41, 5.74) is 0. The Bertz CT molecular complexity index is 488. The number of ether oxygens (including phenoxy) is 1. The van der Waals surface area contributed by atoms with Crippen molar-refractivity contribution in [1.29, 1.82) is 0 Å². The van der Waals surface area contributed by atoms with Crippen LogP contribution in [0, 0.1) is 17.8 Å². The van der Waals surface area contributed by atoms with Crippen molar-refractivity contribution in [2.75, 3.05) is 0 Å². The first-order valence-corrected chi connectivity index (χ1v) is 8.51. The number of nitrogens with one attached hydrogen (secondary N) is 1. The monoisotopic (exact) mass is 307 g/mol. The molecule has 3 unspecified atom stereocenters. The normalized spacial score (nSPS) is 30.0. The highest BCUT2D eigenvalue weighted by Gasteiger charge is 2.34. The van der Waals surface area contributed by atoms with Gasteiger partial charge in [-0.3, -0.25) is 9.89 Å². The number of hydrogen-bond acceptors (Lipinski definition) is 4. The Morgan fingerprint density at radius 3 is 2.55 bits per heavy atom. The lowest BCUT2D eigenvalue weighted by Gasteiger charge is -2.37. The molecule has 1 aliphatic rings. The number of carbonyl (C=O) groups is 1. The third kappa shape index (κ3) is 4.08. The predicted octanol–water partition coefficient (Wildman–Crippen LogP) is 3.47. The minimum atomic E-state index is -0.204. The van der Waals surface area contributed by atoms with E-state index in [-0.39, 0.29) is 18.5 Å². The average molecular weight is 307 g/mol. The fourth-order valence-electron chi connectivity index (χ4n) is 3.55. The van der Waals surface area contributed by atoms with Crippen molar-refractivity contribution in [2.45, 2.75) is 72.3 Å². The van der Waals surface area contributed by atoms with Crippen LogP contribution in [-0.4, -0.2) is 27.3 Å². The van der Waals surface area contributed by atoms with E-state index in [1.54, 1.807) is 0 Å². The van der Waals surface area contributed by atoms with Gasteiger partial charge in [-0.05, 0) is 37.0 Å². The minimum absolute atomic E-state index is 0.0284. The van der Waals surface area contributed by atoms with Crippen LogP contribution in [0.15, 0.2) is 0 Å². The maximum absolute atomic E-state index is 12.2. The molecule has 0 radical (unpaired) electrons. The van der Waals surface area contributed by atoms with Crippen molar-refractivity contribution < 1.29 is 9.53 Å². The summed E-state index contributed by atoms with van der Waals surface area (Å²) in [6.07, 6.45) is 3.44. The first-order chi connectivity index (χ1) is 10.4. The number of carbonyl (C=O) groups excluding carboxylic acids is 1. The summed E-state index contributed by atoms with van der Waals surface area (Å²) in [5, 5.41) is 7.04. The molecule has 0 aliphatic heterocycles. The topological polar surface area (TPSA) is 67.9 Å². The molecule has 5 nitrogen and oxygen atoms in total. The molecule has 1 heterocycles. The summed E-state index contributed by atoms with van der Waals surface area (Å²) in [6, 6.07) is 0. The fraction of sp³-hybridized carbons (Fsp3) is 0.824. The smallest absolute Gasteiger partial charge is 0.313 e. The van der Waals surface area contributed by atoms with Gasteiger partial charge in [0.15, 0.2) is 5.82 Å². The molecule has 0 saturated heterocycles. The maximum atomic E-state index is 12.2. The van der Waals surface area contributed by atoms with Gasteiger partial charge in [-0.25, -0.2) is 4.98 Å². The highest BCUT2D eigenvalue weighted by atomic mass is 16.5. The average Bonchev–Trinajstić information content (AvgIpc) is 2.90. The number of esters is 1.